The first-order valence-electron chi connectivity index (χ1n) is 3.60. The van der Waals surface area contributed by atoms with E-state index in [-0.39, 0.29) is 4.68 Å². The molecule has 2 aromatic rings. The third-order valence-electron chi connectivity index (χ3n) is 1.76. The van der Waals surface area contributed by atoms with Crippen LogP contribution in [0.25, 0.3) is 16.1 Å². The van der Waals surface area contributed by atoms with Gasteiger partial charge >= 0.3 is 16.9 Å². The maximum atomic E-state index is 13.2. The quantitative estimate of drug-likeness (QED) is 0.524. The second-order valence-electron chi connectivity index (χ2n) is 2.58. The number of aromatic nitrogens is 4. The smallest absolute Gasteiger partial charge is 0.299 e. The van der Waals surface area contributed by atoms with E-state index in [1.807, 2.05) is 9.97 Å². The molecule has 15 heavy (non-hydrogen) atoms. The van der Waals surface area contributed by atoms with Crippen molar-refractivity contribution in [2.45, 2.75) is 0 Å². The molecule has 0 unspecified atom stereocenters. The summed E-state index contributed by atoms with van der Waals surface area (Å²) in [5, 5.41) is 0. The lowest BCUT2D eigenvalue weighted by molar-refractivity contribution is 0.352. The predicted molar refractivity (Wildman–Crippen MR) is 45.9 cm³/mol. The van der Waals surface area contributed by atoms with Crippen LogP contribution in [-0.4, -0.2) is 19.4 Å². The molecule has 0 bridgehead atoms. The Morgan fingerprint density at radius 2 is 1.93 bits per heavy atom. The second kappa shape index (κ2) is 2.68. The number of halogens is 1. The number of nitrogens with one attached hydrogen (secondary N) is 2. The Hall–Kier alpha value is -2.63. The summed E-state index contributed by atoms with van der Waals surface area (Å²) in [4.78, 5) is 39.1. The largest absolute Gasteiger partial charge is 0.429 e. The van der Waals surface area contributed by atoms with Gasteiger partial charge in [0.2, 0.25) is 0 Å². The van der Waals surface area contributed by atoms with Gasteiger partial charge in [-0.15, -0.1) is 9.74 Å². The van der Waals surface area contributed by atoms with E-state index < -0.39 is 32.9 Å². The van der Waals surface area contributed by atoms with Gasteiger partial charge in [0, 0.05) is 0 Å². The second-order valence-corrected chi connectivity index (χ2v) is 2.58. The van der Waals surface area contributed by atoms with Crippen LogP contribution in [0.1, 0.15) is 0 Å². The molecule has 0 saturated carbocycles. The maximum absolute atomic E-state index is 13.2. The van der Waals surface area contributed by atoms with Gasteiger partial charge in [-0.05, 0) is 0 Å². The molecule has 2 N–H and O–H groups in total. The lowest BCUT2D eigenvalue weighted by Crippen LogP contribution is -2.34. The summed E-state index contributed by atoms with van der Waals surface area (Å²) in [6, 6.07) is 0. The Bertz CT molecular complexity index is 754. The van der Waals surface area contributed by atoms with Crippen LogP contribution in [0.2, 0.25) is 0 Å². The number of fused-ring (bicyclic) bond motifs is 1. The van der Waals surface area contributed by atoms with E-state index in [0.29, 0.717) is 0 Å². The van der Waals surface area contributed by atoms with Gasteiger partial charge in [-0.25, -0.2) is 9.59 Å². The number of hydrogen-bond acceptors (Lipinski definition) is 3. The van der Waals surface area contributed by atoms with Gasteiger partial charge in [0.05, 0.1) is 4.68 Å². The van der Waals surface area contributed by atoms with Gasteiger partial charge in [0.25, 0.3) is 0 Å². The van der Waals surface area contributed by atoms with E-state index in [0.717, 1.165) is 0 Å². The van der Waals surface area contributed by atoms with Crippen molar-refractivity contribution >= 4 is 11.2 Å². The Morgan fingerprint density at radius 1 is 1.27 bits per heavy atom. The third-order valence-corrected chi connectivity index (χ3v) is 1.76. The minimum absolute atomic E-state index is 0.0217. The molecular formula is C6H2FN5O3. The van der Waals surface area contributed by atoms with E-state index in [2.05, 4.69) is 4.95 Å². The number of H-pyrrole nitrogens is 2. The molecule has 0 atom stereocenters. The number of imidazole rings is 1. The van der Waals surface area contributed by atoms with Gasteiger partial charge in [-0.1, -0.05) is 4.48 Å². The zero-order chi connectivity index (χ0) is 11.2. The fourth-order valence-corrected chi connectivity index (χ4v) is 1.14. The van der Waals surface area contributed by atoms with Crippen molar-refractivity contribution in [2.24, 2.45) is 0 Å². The monoisotopic (exact) mass is 211 g/mol. The van der Waals surface area contributed by atoms with Crippen molar-refractivity contribution in [2.75, 3.05) is 0 Å². The summed E-state index contributed by atoms with van der Waals surface area (Å²) >= 11 is 0. The van der Waals surface area contributed by atoms with Gasteiger partial charge in [0.1, 0.15) is 0 Å². The van der Waals surface area contributed by atoms with Crippen molar-refractivity contribution in [3.63, 3.8) is 0 Å². The van der Waals surface area contributed by atoms with Crippen molar-refractivity contribution in [3.8, 4) is 0 Å². The van der Waals surface area contributed by atoms with E-state index >= 15 is 0 Å². The molecular weight excluding hydrogens is 209 g/mol. The number of hydrogen-bond donors (Lipinski definition) is 2. The van der Waals surface area contributed by atoms with Crippen LogP contribution in [-0.2, 0) is 0 Å². The highest BCUT2D eigenvalue weighted by Crippen LogP contribution is 1.97. The first kappa shape index (κ1) is 8.95. The third kappa shape index (κ3) is 1.01. The zero-order valence-corrected chi connectivity index (χ0v) is 6.94. The van der Waals surface area contributed by atoms with Crippen molar-refractivity contribution in [1.29, 1.82) is 0 Å². The highest BCUT2D eigenvalue weighted by Gasteiger charge is 2.18. The first-order valence-corrected chi connectivity index (χ1v) is 3.60. The summed E-state index contributed by atoms with van der Waals surface area (Å²) < 4.78 is 13.1. The fraction of sp³-hybridized carbons (Fsp3) is 0. The molecule has 0 fully saturated rings. The van der Waals surface area contributed by atoms with Gasteiger partial charge < -0.3 is 0 Å². The van der Waals surface area contributed by atoms with E-state index in [4.69, 9.17) is 6.57 Å². The molecule has 0 spiro atoms. The van der Waals surface area contributed by atoms with Gasteiger partial charge in [-0.3, -0.25) is 14.8 Å². The lowest BCUT2D eigenvalue weighted by Gasteiger charge is -1.92. The standard InChI is InChI=1S/C6H2FN5O3/c1-8-12-4(13)2-3(10-5(14)9-2)11(7)6(12)15/h(H2,9,10,14). The molecule has 0 aromatic carbocycles. The topological polar surface area (TPSA) is 97.0 Å². The Labute approximate surface area is 78.9 Å². The average Bonchev–Trinajstić information content (AvgIpc) is 2.58. The van der Waals surface area contributed by atoms with Crippen molar-refractivity contribution in [1.82, 2.24) is 19.4 Å². The van der Waals surface area contributed by atoms with E-state index in [1.165, 1.54) is 0 Å². The van der Waals surface area contributed by atoms with Crippen molar-refractivity contribution < 1.29 is 4.48 Å². The summed E-state index contributed by atoms with van der Waals surface area (Å²) in [5.41, 5.74) is -4.42. The Kier molecular flexibility index (Phi) is 1.60. The molecule has 0 aliphatic carbocycles. The molecule has 0 radical (unpaired) electrons. The Balaban J connectivity index is 3.25. The van der Waals surface area contributed by atoms with Crippen LogP contribution in [0.3, 0.4) is 0 Å². The molecule has 2 heterocycles. The molecule has 0 saturated heterocycles. The SMILES string of the molecule is [C-]#[N+]n1c(=O)c2[nH]c(=O)[nH]c2n(F)c1=O. The van der Waals surface area contributed by atoms with Crippen LogP contribution in [0.5, 0.6) is 0 Å². The summed E-state index contributed by atoms with van der Waals surface area (Å²) in [5.74, 6) is 0. The number of aromatic amines is 2. The highest BCUT2D eigenvalue weighted by molar-refractivity contribution is 5.68. The lowest BCUT2D eigenvalue weighted by atomic mass is 10.5. The summed E-state index contributed by atoms with van der Waals surface area (Å²) in [7, 11) is 0. The fourth-order valence-electron chi connectivity index (χ4n) is 1.14. The number of nitrogens with zero attached hydrogens (tertiary/aromatic N) is 3. The highest BCUT2D eigenvalue weighted by atomic mass is 19.2. The van der Waals surface area contributed by atoms with Gasteiger partial charge in [-0.2, -0.15) is 6.57 Å². The number of rotatable bonds is 0. The molecule has 76 valence electrons. The molecule has 0 aliphatic heterocycles. The van der Waals surface area contributed by atoms with Gasteiger partial charge in [0.15, 0.2) is 11.2 Å². The average molecular weight is 211 g/mol. The normalized spacial score (nSPS) is 10.4. The van der Waals surface area contributed by atoms with Crippen LogP contribution in [0.15, 0.2) is 14.4 Å². The van der Waals surface area contributed by atoms with E-state index in [9.17, 15) is 18.9 Å². The maximum Gasteiger partial charge on any atom is 0.429 e. The molecule has 0 amide bonds. The Morgan fingerprint density at radius 3 is 2.53 bits per heavy atom. The predicted octanol–water partition coefficient (Wildman–Crippen LogP) is -1.41. The minimum Gasteiger partial charge on any atom is -0.299 e. The molecule has 0 aliphatic rings. The molecule has 9 heteroatoms. The van der Waals surface area contributed by atoms with Crippen LogP contribution in [0.4, 0.5) is 4.48 Å². The summed E-state index contributed by atoms with van der Waals surface area (Å²) in [6.45, 7) is 6.51. The van der Waals surface area contributed by atoms with Crippen LogP contribution >= 0.6 is 0 Å². The first-order chi connectivity index (χ1) is 7.06. The minimum atomic E-state index is -1.46. The molecule has 8 nitrogen and oxygen atoms in total. The van der Waals surface area contributed by atoms with Crippen molar-refractivity contribution in [3.05, 3.63) is 42.8 Å². The van der Waals surface area contributed by atoms with Crippen LogP contribution in [0, 0.1) is 6.57 Å². The molecule has 2 aromatic heterocycles. The van der Waals surface area contributed by atoms with Crippen LogP contribution < -0.4 is 16.9 Å². The zero-order valence-electron chi connectivity index (χ0n) is 6.94. The molecule has 2 rings (SSSR count). The van der Waals surface area contributed by atoms with E-state index in [1.54, 1.807) is 0 Å². The summed E-state index contributed by atoms with van der Waals surface area (Å²) in [6.07, 6.45) is 0.